The molecule has 0 saturated carbocycles. The second kappa shape index (κ2) is 12.4. The van der Waals surface area contributed by atoms with E-state index in [0.717, 1.165) is 16.9 Å². The number of aromatic hydroxyl groups is 1. The van der Waals surface area contributed by atoms with E-state index in [1.165, 1.54) is 18.2 Å². The van der Waals surface area contributed by atoms with Gasteiger partial charge in [-0.1, -0.05) is 49.4 Å². The van der Waals surface area contributed by atoms with Crippen molar-refractivity contribution >= 4 is 35.1 Å². The molecule has 0 aliphatic rings. The third-order valence-electron chi connectivity index (χ3n) is 6.18. The molecule has 0 bridgehead atoms. The molecule has 1 aromatic heterocycles. The van der Waals surface area contributed by atoms with Crippen molar-refractivity contribution in [2.24, 2.45) is 11.7 Å². The molecule has 8 heteroatoms. The van der Waals surface area contributed by atoms with Gasteiger partial charge in [0.15, 0.2) is 5.78 Å². The second-order valence-corrected chi connectivity index (χ2v) is 8.81. The summed E-state index contributed by atoms with van der Waals surface area (Å²) in [6.45, 7) is 4.35. The van der Waals surface area contributed by atoms with E-state index in [-0.39, 0.29) is 42.2 Å². The van der Waals surface area contributed by atoms with E-state index in [1.807, 2.05) is 61.5 Å². The Kier molecular flexibility index (Phi) is 9.33. The Balaban J connectivity index is 0.00000380. The summed E-state index contributed by atoms with van der Waals surface area (Å²) in [7, 11) is 0. The molecule has 37 heavy (non-hydrogen) atoms. The Hall–Kier alpha value is -3.81. The number of H-pyrrole nitrogens is 1. The van der Waals surface area contributed by atoms with Crippen LogP contribution in [0.1, 0.15) is 45.8 Å². The summed E-state index contributed by atoms with van der Waals surface area (Å²) >= 11 is 0. The van der Waals surface area contributed by atoms with E-state index in [4.69, 9.17) is 15.2 Å². The molecule has 0 spiro atoms. The molecular formula is C29H31ClN2O5. The fourth-order valence-corrected chi connectivity index (χ4v) is 4.14. The number of hydrogen-bond acceptors (Lipinski definition) is 6. The van der Waals surface area contributed by atoms with Crippen LogP contribution in [0.5, 0.6) is 11.5 Å². The SMILES string of the molecule is CCOC(=O)c1cc2c(C(=O)C(N)C(C)Cc3ccc(OCc4ccccc4)cc3)ccc(O)c2[nH]1.Cl. The zero-order valence-electron chi connectivity index (χ0n) is 20.8. The number of nitrogens with one attached hydrogen (secondary N) is 1. The van der Waals surface area contributed by atoms with Crippen molar-refractivity contribution in [1.82, 2.24) is 4.98 Å². The van der Waals surface area contributed by atoms with Crippen LogP contribution < -0.4 is 10.5 Å². The number of ether oxygens (including phenoxy) is 2. The topological polar surface area (TPSA) is 115 Å². The van der Waals surface area contributed by atoms with E-state index in [9.17, 15) is 14.7 Å². The Labute approximate surface area is 222 Å². The van der Waals surface area contributed by atoms with Crippen LogP contribution in [0, 0.1) is 5.92 Å². The quantitative estimate of drug-likeness (QED) is 0.189. The predicted molar refractivity (Wildman–Crippen MR) is 146 cm³/mol. The third kappa shape index (κ3) is 6.50. The molecule has 7 nitrogen and oxygen atoms in total. The maximum absolute atomic E-state index is 13.3. The predicted octanol–water partition coefficient (Wildman–Crippen LogP) is 5.44. The molecule has 4 aromatic rings. The van der Waals surface area contributed by atoms with E-state index < -0.39 is 12.0 Å². The lowest BCUT2D eigenvalue weighted by Gasteiger charge is -2.19. The van der Waals surface area contributed by atoms with Crippen molar-refractivity contribution in [1.29, 1.82) is 0 Å². The summed E-state index contributed by atoms with van der Waals surface area (Å²) < 4.78 is 10.9. The van der Waals surface area contributed by atoms with Gasteiger partial charge in [0.05, 0.1) is 18.2 Å². The molecule has 0 fully saturated rings. The number of ketones is 1. The minimum absolute atomic E-state index is 0. The first-order valence-corrected chi connectivity index (χ1v) is 11.9. The van der Waals surface area contributed by atoms with Crippen LogP contribution >= 0.6 is 12.4 Å². The van der Waals surface area contributed by atoms with Gasteiger partial charge in [0.25, 0.3) is 0 Å². The summed E-state index contributed by atoms with van der Waals surface area (Å²) in [5.41, 5.74) is 9.34. The maximum Gasteiger partial charge on any atom is 0.354 e. The van der Waals surface area contributed by atoms with Gasteiger partial charge >= 0.3 is 5.97 Å². The fourth-order valence-electron chi connectivity index (χ4n) is 4.14. The normalized spacial score (nSPS) is 12.4. The second-order valence-electron chi connectivity index (χ2n) is 8.81. The molecule has 0 aliphatic carbocycles. The summed E-state index contributed by atoms with van der Waals surface area (Å²) in [6.07, 6.45) is 0.605. The number of phenols is 1. The average molecular weight is 523 g/mol. The molecule has 0 radical (unpaired) electrons. The van der Waals surface area contributed by atoms with Crippen molar-refractivity contribution in [2.75, 3.05) is 6.61 Å². The number of phenolic OH excluding ortho intramolecular Hbond substituents is 1. The maximum atomic E-state index is 13.3. The van der Waals surface area contributed by atoms with Crippen LogP contribution in [0.4, 0.5) is 0 Å². The van der Waals surface area contributed by atoms with Crippen LogP contribution in [0.2, 0.25) is 0 Å². The summed E-state index contributed by atoms with van der Waals surface area (Å²) in [5.74, 6) is -0.258. The monoisotopic (exact) mass is 522 g/mol. The van der Waals surface area contributed by atoms with Gasteiger partial charge in [-0.15, -0.1) is 12.4 Å². The van der Waals surface area contributed by atoms with Crippen LogP contribution in [0.3, 0.4) is 0 Å². The van der Waals surface area contributed by atoms with Crippen LogP contribution in [0.15, 0.2) is 72.8 Å². The van der Waals surface area contributed by atoms with E-state index >= 15 is 0 Å². The van der Waals surface area contributed by atoms with Crippen molar-refractivity contribution in [3.05, 3.63) is 95.2 Å². The lowest BCUT2D eigenvalue weighted by molar-refractivity contribution is 0.0520. The largest absolute Gasteiger partial charge is 0.506 e. The number of hydrogen-bond donors (Lipinski definition) is 3. The number of esters is 1. The molecule has 4 rings (SSSR count). The minimum atomic E-state index is -0.771. The fraction of sp³-hybridized carbons (Fsp3) is 0.241. The number of halogens is 1. The number of carbonyl (C=O) groups excluding carboxylic acids is 2. The molecule has 3 aromatic carbocycles. The summed E-state index contributed by atoms with van der Waals surface area (Å²) in [5, 5.41) is 10.7. The van der Waals surface area contributed by atoms with Gasteiger partial charge in [-0.05, 0) is 60.7 Å². The van der Waals surface area contributed by atoms with Crippen molar-refractivity contribution in [3.63, 3.8) is 0 Å². The average Bonchev–Trinajstić information content (AvgIpc) is 3.35. The van der Waals surface area contributed by atoms with Gasteiger partial charge in [0, 0.05) is 10.9 Å². The Morgan fingerprint density at radius 2 is 1.70 bits per heavy atom. The number of nitrogens with two attached hydrogens (primary N) is 1. The molecular weight excluding hydrogens is 492 g/mol. The highest BCUT2D eigenvalue weighted by Crippen LogP contribution is 2.30. The number of aromatic amines is 1. The molecule has 4 N–H and O–H groups in total. The Morgan fingerprint density at radius 1 is 1.00 bits per heavy atom. The van der Waals surface area contributed by atoms with Gasteiger partial charge in [0.1, 0.15) is 23.8 Å². The Morgan fingerprint density at radius 3 is 2.38 bits per heavy atom. The van der Waals surface area contributed by atoms with Gasteiger partial charge in [-0.25, -0.2) is 4.79 Å². The first-order valence-electron chi connectivity index (χ1n) is 11.9. The first kappa shape index (κ1) is 27.8. The molecule has 0 saturated heterocycles. The summed E-state index contributed by atoms with van der Waals surface area (Å²) in [6, 6.07) is 21.5. The zero-order chi connectivity index (χ0) is 25.7. The van der Waals surface area contributed by atoms with Gasteiger partial charge in [-0.2, -0.15) is 0 Å². The Bertz CT molecular complexity index is 1350. The third-order valence-corrected chi connectivity index (χ3v) is 6.18. The van der Waals surface area contributed by atoms with Gasteiger partial charge in [0.2, 0.25) is 0 Å². The number of rotatable bonds is 10. The zero-order valence-corrected chi connectivity index (χ0v) is 21.6. The lowest BCUT2D eigenvalue weighted by Crippen LogP contribution is -2.38. The molecule has 0 amide bonds. The van der Waals surface area contributed by atoms with Gasteiger partial charge in [-0.3, -0.25) is 4.79 Å². The number of fused-ring (bicyclic) bond motifs is 1. The molecule has 194 valence electrons. The lowest BCUT2D eigenvalue weighted by atomic mass is 9.88. The van der Waals surface area contributed by atoms with Crippen LogP contribution in [0.25, 0.3) is 10.9 Å². The highest BCUT2D eigenvalue weighted by atomic mass is 35.5. The number of Topliss-reactive ketones (excluding diaryl/α,β-unsaturated/α-hetero) is 1. The number of aromatic nitrogens is 1. The van der Waals surface area contributed by atoms with Gasteiger partial charge < -0.3 is 25.3 Å². The van der Waals surface area contributed by atoms with Crippen molar-refractivity contribution in [3.8, 4) is 11.5 Å². The highest BCUT2D eigenvalue weighted by Gasteiger charge is 2.26. The van der Waals surface area contributed by atoms with Crippen LogP contribution in [-0.2, 0) is 17.8 Å². The first-order chi connectivity index (χ1) is 17.4. The highest BCUT2D eigenvalue weighted by molar-refractivity contribution is 6.12. The van der Waals surface area contributed by atoms with Crippen molar-refractivity contribution < 1.29 is 24.2 Å². The number of benzene rings is 3. The van der Waals surface area contributed by atoms with Crippen molar-refractivity contribution in [2.45, 2.75) is 32.9 Å². The van der Waals surface area contributed by atoms with E-state index in [0.29, 0.717) is 29.5 Å². The van der Waals surface area contributed by atoms with E-state index in [1.54, 1.807) is 6.92 Å². The molecule has 1 heterocycles. The van der Waals surface area contributed by atoms with Crippen LogP contribution in [-0.4, -0.2) is 34.5 Å². The van der Waals surface area contributed by atoms with E-state index in [2.05, 4.69) is 4.98 Å². The smallest absolute Gasteiger partial charge is 0.354 e. The number of carbonyl (C=O) groups is 2. The standard InChI is InChI=1S/C29H30N2O5.ClH/c1-3-35-29(34)24-16-23-22(13-14-25(32)27(23)31-24)28(33)26(30)18(2)15-19-9-11-21(12-10-19)36-17-20-7-5-4-6-8-20;/h4-14,16,18,26,31-32H,3,15,17,30H2,1-2H3;1H. The molecule has 2 unspecified atom stereocenters. The molecule has 0 aliphatic heterocycles. The summed E-state index contributed by atoms with van der Waals surface area (Å²) in [4.78, 5) is 28.3. The molecule has 2 atom stereocenters. The minimum Gasteiger partial charge on any atom is -0.506 e.